The Morgan fingerprint density at radius 1 is 1.00 bits per heavy atom. The van der Waals surface area contributed by atoms with Gasteiger partial charge in [0.25, 0.3) is 15.9 Å². The fourth-order valence-electron chi connectivity index (χ4n) is 3.09. The van der Waals surface area contributed by atoms with E-state index in [1.807, 2.05) is 30.3 Å². The molecular weight excluding hydrogens is 452 g/mol. The van der Waals surface area contributed by atoms with Crippen LogP contribution in [0.5, 0.6) is 0 Å². The summed E-state index contributed by atoms with van der Waals surface area (Å²) in [5, 5.41) is 18.8. The average molecular weight is 469 g/mol. The van der Waals surface area contributed by atoms with E-state index in [2.05, 4.69) is 20.6 Å². The van der Waals surface area contributed by atoms with Crippen LogP contribution >= 0.6 is 11.3 Å². The topological polar surface area (TPSA) is 150 Å². The number of aromatic nitrogens is 4. The summed E-state index contributed by atoms with van der Waals surface area (Å²) in [6.07, 6.45) is 0. The van der Waals surface area contributed by atoms with Gasteiger partial charge in [-0.2, -0.15) is 5.10 Å². The van der Waals surface area contributed by atoms with Crippen molar-refractivity contribution in [3.05, 3.63) is 77.5 Å². The average Bonchev–Trinajstić information content (AvgIpc) is 3.39. The number of hydrogen-bond acceptors (Lipinski definition) is 8. The SMILES string of the molecule is Cn1nc(C(=O)Nc2nnc(S(N)(=O)=O)s2)c(C(=O)c2ccccc2)c1-c1ccccc1. The molecule has 0 aliphatic rings. The van der Waals surface area contributed by atoms with E-state index >= 15 is 0 Å². The minimum Gasteiger partial charge on any atom is -0.295 e. The van der Waals surface area contributed by atoms with Gasteiger partial charge in [-0.1, -0.05) is 72.0 Å². The van der Waals surface area contributed by atoms with Crippen molar-refractivity contribution in [3.8, 4) is 11.3 Å². The highest BCUT2D eigenvalue weighted by molar-refractivity contribution is 7.91. The number of primary sulfonamides is 1. The first-order chi connectivity index (χ1) is 15.3. The molecule has 3 N–H and O–H groups in total. The van der Waals surface area contributed by atoms with Crippen molar-refractivity contribution in [1.29, 1.82) is 0 Å². The monoisotopic (exact) mass is 468 g/mol. The maximum Gasteiger partial charge on any atom is 0.278 e. The molecule has 0 fully saturated rings. The number of carbonyl (C=O) groups excluding carboxylic acids is 2. The van der Waals surface area contributed by atoms with Crippen molar-refractivity contribution in [1.82, 2.24) is 20.0 Å². The molecule has 0 saturated heterocycles. The molecule has 2 aromatic carbocycles. The largest absolute Gasteiger partial charge is 0.295 e. The standard InChI is InChI=1S/C20H16N6O4S2/c1-26-16(12-8-4-2-5-9-12)14(17(27)13-10-6-3-7-11-13)15(25-26)18(28)22-19-23-24-20(31-19)32(21,29)30/h2-11H,1H3,(H2,21,29,30)(H,22,23,28). The highest BCUT2D eigenvalue weighted by atomic mass is 32.2. The zero-order valence-electron chi connectivity index (χ0n) is 16.6. The van der Waals surface area contributed by atoms with Gasteiger partial charge in [-0.05, 0) is 0 Å². The molecule has 0 unspecified atom stereocenters. The first-order valence-corrected chi connectivity index (χ1v) is 11.5. The summed E-state index contributed by atoms with van der Waals surface area (Å²) in [6, 6.07) is 17.6. The zero-order valence-corrected chi connectivity index (χ0v) is 18.2. The number of amides is 1. The number of anilines is 1. The Hall–Kier alpha value is -3.74. The number of rotatable bonds is 6. The molecule has 32 heavy (non-hydrogen) atoms. The van der Waals surface area contributed by atoms with Gasteiger partial charge in [-0.15, -0.1) is 10.2 Å². The lowest BCUT2D eigenvalue weighted by molar-refractivity contribution is 0.0993. The van der Waals surface area contributed by atoms with Crippen molar-refractivity contribution < 1.29 is 18.0 Å². The summed E-state index contributed by atoms with van der Waals surface area (Å²) in [5.74, 6) is -1.12. The summed E-state index contributed by atoms with van der Waals surface area (Å²) >= 11 is 0.594. The van der Waals surface area contributed by atoms with E-state index in [9.17, 15) is 18.0 Å². The smallest absolute Gasteiger partial charge is 0.278 e. The molecule has 12 heteroatoms. The van der Waals surface area contributed by atoms with Gasteiger partial charge in [0.2, 0.25) is 9.47 Å². The van der Waals surface area contributed by atoms with Crippen LogP contribution < -0.4 is 10.5 Å². The Morgan fingerprint density at radius 3 is 2.22 bits per heavy atom. The zero-order chi connectivity index (χ0) is 22.9. The number of sulfonamides is 1. The predicted molar refractivity (Wildman–Crippen MR) is 118 cm³/mol. The normalized spacial score (nSPS) is 11.3. The van der Waals surface area contributed by atoms with E-state index in [0.717, 1.165) is 0 Å². The number of benzene rings is 2. The number of nitrogens with zero attached hydrogens (tertiary/aromatic N) is 4. The Morgan fingerprint density at radius 2 is 1.62 bits per heavy atom. The maximum atomic E-state index is 13.4. The first-order valence-electron chi connectivity index (χ1n) is 9.15. The van der Waals surface area contributed by atoms with Crippen LogP contribution in [0.3, 0.4) is 0 Å². The third-order valence-electron chi connectivity index (χ3n) is 4.44. The lowest BCUT2D eigenvalue weighted by Gasteiger charge is -2.07. The summed E-state index contributed by atoms with van der Waals surface area (Å²) in [7, 11) is -2.43. The van der Waals surface area contributed by atoms with E-state index in [1.54, 1.807) is 37.4 Å². The fraction of sp³-hybridized carbons (Fsp3) is 0.0500. The van der Waals surface area contributed by atoms with Crippen LogP contribution in [0, 0.1) is 0 Å². The Bertz CT molecular complexity index is 1410. The molecule has 10 nitrogen and oxygen atoms in total. The molecule has 0 atom stereocenters. The molecule has 162 valence electrons. The second kappa shape index (κ2) is 8.42. The van der Waals surface area contributed by atoms with Gasteiger partial charge in [0, 0.05) is 18.2 Å². The Labute approximate surface area is 186 Å². The second-order valence-electron chi connectivity index (χ2n) is 6.63. The number of nitrogens with one attached hydrogen (secondary N) is 1. The minimum atomic E-state index is -4.06. The fourth-order valence-corrected chi connectivity index (χ4v) is 4.42. The van der Waals surface area contributed by atoms with Crippen molar-refractivity contribution >= 4 is 38.2 Å². The summed E-state index contributed by atoms with van der Waals surface area (Å²) < 4.78 is 23.8. The molecule has 2 heterocycles. The van der Waals surface area contributed by atoms with E-state index in [4.69, 9.17) is 5.14 Å². The number of nitrogens with two attached hydrogens (primary N) is 1. The van der Waals surface area contributed by atoms with Crippen LogP contribution in [-0.2, 0) is 17.1 Å². The van der Waals surface area contributed by atoms with Gasteiger partial charge in [0.1, 0.15) is 0 Å². The Kier molecular flexibility index (Phi) is 5.65. The molecular formula is C20H16N6O4S2. The number of ketones is 1. The highest BCUT2D eigenvalue weighted by Crippen LogP contribution is 2.29. The van der Waals surface area contributed by atoms with Crippen molar-refractivity contribution in [2.24, 2.45) is 12.2 Å². The molecule has 2 aromatic heterocycles. The van der Waals surface area contributed by atoms with Gasteiger partial charge in [-0.25, -0.2) is 13.6 Å². The quantitative estimate of drug-likeness (QED) is 0.325. The van der Waals surface area contributed by atoms with Crippen LogP contribution in [0.4, 0.5) is 5.13 Å². The van der Waals surface area contributed by atoms with Crippen molar-refractivity contribution in [2.45, 2.75) is 4.34 Å². The maximum absolute atomic E-state index is 13.4. The molecule has 0 spiro atoms. The van der Waals surface area contributed by atoms with Gasteiger partial charge in [-0.3, -0.25) is 19.6 Å². The molecule has 0 aliphatic heterocycles. The number of aryl methyl sites for hydroxylation is 1. The molecule has 0 bridgehead atoms. The Balaban J connectivity index is 1.80. The molecule has 0 saturated carbocycles. The van der Waals surface area contributed by atoms with E-state index in [1.165, 1.54) is 4.68 Å². The van der Waals surface area contributed by atoms with Gasteiger partial charge < -0.3 is 0 Å². The number of carbonyl (C=O) groups is 2. The molecule has 1 amide bonds. The molecule has 0 aliphatic carbocycles. The number of hydrogen-bond donors (Lipinski definition) is 2. The third-order valence-corrected chi connectivity index (χ3v) is 6.59. The highest BCUT2D eigenvalue weighted by Gasteiger charge is 2.29. The van der Waals surface area contributed by atoms with Crippen LogP contribution in [0.1, 0.15) is 26.4 Å². The first kappa shape index (κ1) is 21.5. The minimum absolute atomic E-state index is 0.0935. The summed E-state index contributed by atoms with van der Waals surface area (Å²) in [4.78, 5) is 26.5. The molecule has 4 aromatic rings. The summed E-state index contributed by atoms with van der Waals surface area (Å²) in [5.41, 5.74) is 1.53. The van der Waals surface area contributed by atoms with E-state index < -0.39 is 20.3 Å². The van der Waals surface area contributed by atoms with Crippen LogP contribution in [0.25, 0.3) is 11.3 Å². The predicted octanol–water partition coefficient (Wildman–Crippen LogP) is 2.07. The molecule has 4 rings (SSSR count). The van der Waals surface area contributed by atoms with Crippen molar-refractivity contribution in [2.75, 3.05) is 5.32 Å². The lowest BCUT2D eigenvalue weighted by atomic mass is 9.97. The van der Waals surface area contributed by atoms with Gasteiger partial charge in [0.05, 0.1) is 11.3 Å². The summed E-state index contributed by atoms with van der Waals surface area (Å²) in [6.45, 7) is 0. The van der Waals surface area contributed by atoms with E-state index in [0.29, 0.717) is 28.2 Å². The van der Waals surface area contributed by atoms with Crippen LogP contribution in [-0.4, -0.2) is 40.1 Å². The second-order valence-corrected chi connectivity index (χ2v) is 9.34. The third kappa shape index (κ3) is 4.19. The molecule has 0 radical (unpaired) electrons. The van der Waals surface area contributed by atoms with E-state index in [-0.39, 0.29) is 22.2 Å². The van der Waals surface area contributed by atoms with Gasteiger partial charge in [0.15, 0.2) is 11.5 Å². The van der Waals surface area contributed by atoms with Gasteiger partial charge >= 0.3 is 0 Å². The lowest BCUT2D eigenvalue weighted by Crippen LogP contribution is -2.17. The van der Waals surface area contributed by atoms with Crippen molar-refractivity contribution in [3.63, 3.8) is 0 Å². The van der Waals surface area contributed by atoms with Crippen LogP contribution in [0.2, 0.25) is 0 Å². The van der Waals surface area contributed by atoms with Crippen LogP contribution in [0.15, 0.2) is 65.0 Å².